The summed E-state index contributed by atoms with van der Waals surface area (Å²) in [6.07, 6.45) is 5.09. The van der Waals surface area contributed by atoms with E-state index in [-0.39, 0.29) is 22.9 Å². The van der Waals surface area contributed by atoms with Crippen molar-refractivity contribution in [3.8, 4) is 0 Å². The van der Waals surface area contributed by atoms with Gasteiger partial charge in [-0.25, -0.2) is 0 Å². The first kappa shape index (κ1) is 16.6. The Hall–Kier alpha value is -1.22. The van der Waals surface area contributed by atoms with Crippen LogP contribution in [0.1, 0.15) is 59.8 Å². The van der Waals surface area contributed by atoms with Gasteiger partial charge in [-0.15, -0.1) is 0 Å². The number of rotatable bonds is 0. The van der Waals surface area contributed by atoms with Crippen LogP contribution < -0.4 is 0 Å². The van der Waals surface area contributed by atoms with Gasteiger partial charge in [0.25, 0.3) is 0 Å². The standard InChI is InChI=1S/C20H28O3/c1-11-5-6-13-7-8-15-17(20(13,3)4)19(23)16(18(15)22)12(2)10-14(21)9-11/h5,12-13,16,18,22H,6-10H2,1-4H3/b11-5-/t12-,13+,16-,18?/m0/s1. The number of hydrogen-bond donors (Lipinski definition) is 1. The maximum atomic E-state index is 13.1. The van der Waals surface area contributed by atoms with Crippen LogP contribution in [0.2, 0.25) is 0 Å². The zero-order chi connectivity index (χ0) is 16.9. The largest absolute Gasteiger partial charge is 0.388 e. The van der Waals surface area contributed by atoms with Gasteiger partial charge < -0.3 is 5.11 Å². The van der Waals surface area contributed by atoms with Gasteiger partial charge in [0.15, 0.2) is 5.78 Å². The summed E-state index contributed by atoms with van der Waals surface area (Å²) < 4.78 is 0. The van der Waals surface area contributed by atoms with Crippen molar-refractivity contribution in [2.75, 3.05) is 0 Å². The molecule has 3 heteroatoms. The lowest BCUT2D eigenvalue weighted by atomic mass is 9.64. The van der Waals surface area contributed by atoms with Crippen LogP contribution in [0.25, 0.3) is 0 Å². The number of aliphatic hydroxyl groups excluding tert-OH is 1. The lowest BCUT2D eigenvalue weighted by Gasteiger charge is -2.40. The van der Waals surface area contributed by atoms with Crippen molar-refractivity contribution in [3.05, 3.63) is 22.8 Å². The van der Waals surface area contributed by atoms with Crippen LogP contribution >= 0.6 is 0 Å². The molecule has 0 radical (unpaired) electrons. The first-order valence-electron chi connectivity index (χ1n) is 8.86. The van der Waals surface area contributed by atoms with Gasteiger partial charge in [0.2, 0.25) is 0 Å². The minimum atomic E-state index is -0.685. The van der Waals surface area contributed by atoms with Crippen molar-refractivity contribution in [3.63, 3.8) is 0 Å². The first-order valence-corrected chi connectivity index (χ1v) is 8.86. The van der Waals surface area contributed by atoms with E-state index in [0.29, 0.717) is 18.8 Å². The summed E-state index contributed by atoms with van der Waals surface area (Å²) in [5, 5.41) is 10.8. The summed E-state index contributed by atoms with van der Waals surface area (Å²) in [5.74, 6) is 0.152. The molecule has 0 saturated heterocycles. The fourth-order valence-corrected chi connectivity index (χ4v) is 5.00. The van der Waals surface area contributed by atoms with Crippen molar-refractivity contribution >= 4 is 11.6 Å². The van der Waals surface area contributed by atoms with Crippen LogP contribution in [0, 0.1) is 23.2 Å². The van der Waals surface area contributed by atoms with E-state index in [1.807, 2.05) is 13.8 Å². The molecule has 3 aliphatic rings. The monoisotopic (exact) mass is 316 g/mol. The molecule has 3 bridgehead atoms. The molecule has 1 N–H and O–H groups in total. The van der Waals surface area contributed by atoms with Gasteiger partial charge in [0.05, 0.1) is 12.0 Å². The lowest BCUT2D eigenvalue weighted by Crippen LogP contribution is -2.34. The molecule has 0 spiro atoms. The summed E-state index contributed by atoms with van der Waals surface area (Å²) in [6.45, 7) is 8.29. The molecule has 0 saturated carbocycles. The second kappa shape index (κ2) is 5.70. The average molecular weight is 316 g/mol. The van der Waals surface area contributed by atoms with E-state index in [4.69, 9.17) is 0 Å². The van der Waals surface area contributed by atoms with E-state index in [2.05, 4.69) is 19.9 Å². The quantitative estimate of drug-likeness (QED) is 0.695. The molecule has 23 heavy (non-hydrogen) atoms. The molecule has 0 heterocycles. The van der Waals surface area contributed by atoms with Gasteiger partial charge in [-0.1, -0.05) is 32.4 Å². The highest BCUT2D eigenvalue weighted by Gasteiger charge is 2.52. The topological polar surface area (TPSA) is 54.4 Å². The number of allylic oxidation sites excluding steroid dienone is 3. The minimum absolute atomic E-state index is 0.0999. The first-order chi connectivity index (χ1) is 10.7. The van der Waals surface area contributed by atoms with Crippen LogP contribution in [0.5, 0.6) is 0 Å². The lowest BCUT2D eigenvalue weighted by molar-refractivity contribution is -0.124. The van der Waals surface area contributed by atoms with Gasteiger partial charge >= 0.3 is 0 Å². The van der Waals surface area contributed by atoms with Crippen molar-refractivity contribution in [1.82, 2.24) is 0 Å². The predicted molar refractivity (Wildman–Crippen MR) is 89.8 cm³/mol. The van der Waals surface area contributed by atoms with Gasteiger partial charge in [0.1, 0.15) is 5.78 Å². The van der Waals surface area contributed by atoms with E-state index >= 15 is 0 Å². The Morgan fingerprint density at radius 3 is 2.65 bits per heavy atom. The molecule has 0 aromatic heterocycles. The summed E-state index contributed by atoms with van der Waals surface area (Å²) in [4.78, 5) is 25.3. The third-order valence-electron chi connectivity index (χ3n) is 6.38. The summed E-state index contributed by atoms with van der Waals surface area (Å²) >= 11 is 0. The number of carbonyl (C=O) groups excluding carboxylic acids is 2. The van der Waals surface area contributed by atoms with Gasteiger partial charge in [-0.05, 0) is 49.0 Å². The third kappa shape index (κ3) is 2.63. The highest BCUT2D eigenvalue weighted by Crippen LogP contribution is 2.53. The fraction of sp³-hybridized carbons (Fsp3) is 0.700. The van der Waals surface area contributed by atoms with Crippen molar-refractivity contribution < 1.29 is 14.7 Å². The molecule has 1 unspecified atom stereocenters. The molecule has 4 atom stereocenters. The van der Waals surface area contributed by atoms with Crippen molar-refractivity contribution in [1.29, 1.82) is 0 Å². The molecule has 126 valence electrons. The number of fused-ring (bicyclic) bond motifs is 2. The number of aliphatic hydroxyl groups is 1. The summed E-state index contributed by atoms with van der Waals surface area (Å²) in [5.41, 5.74) is 2.77. The number of carbonyl (C=O) groups is 2. The molecule has 0 aromatic rings. The van der Waals surface area contributed by atoms with E-state index in [1.54, 1.807) is 0 Å². The molecular formula is C20H28O3. The highest BCUT2D eigenvalue weighted by atomic mass is 16.3. The number of Topliss-reactive ketones (excluding diaryl/α,β-unsaturated/α-hetero) is 2. The maximum absolute atomic E-state index is 13.1. The van der Waals surface area contributed by atoms with Crippen LogP contribution in [-0.4, -0.2) is 22.8 Å². The number of hydrogen-bond acceptors (Lipinski definition) is 3. The minimum Gasteiger partial charge on any atom is -0.388 e. The Morgan fingerprint density at radius 1 is 1.26 bits per heavy atom. The van der Waals surface area contributed by atoms with Crippen LogP contribution in [0.15, 0.2) is 22.8 Å². The Balaban J connectivity index is 2.08. The molecule has 3 rings (SSSR count). The Kier molecular flexibility index (Phi) is 4.12. The van der Waals surface area contributed by atoms with Crippen molar-refractivity contribution in [2.24, 2.45) is 23.2 Å². The van der Waals surface area contributed by atoms with Crippen LogP contribution in [-0.2, 0) is 9.59 Å². The Bertz CT molecular complexity index is 608. The maximum Gasteiger partial charge on any atom is 0.165 e. The van der Waals surface area contributed by atoms with Gasteiger partial charge in [-0.2, -0.15) is 0 Å². The van der Waals surface area contributed by atoms with Gasteiger partial charge in [-0.3, -0.25) is 9.59 Å². The predicted octanol–water partition coefficient (Wildman–Crippen LogP) is 3.61. The molecule has 3 nitrogen and oxygen atoms in total. The third-order valence-corrected chi connectivity index (χ3v) is 6.38. The van der Waals surface area contributed by atoms with E-state index in [0.717, 1.165) is 36.0 Å². The number of ketones is 2. The molecule has 0 aliphatic heterocycles. The second-order valence-electron chi connectivity index (χ2n) is 8.38. The zero-order valence-corrected chi connectivity index (χ0v) is 14.7. The van der Waals surface area contributed by atoms with Gasteiger partial charge in [0, 0.05) is 18.4 Å². The Morgan fingerprint density at radius 2 is 1.96 bits per heavy atom. The average Bonchev–Trinajstić information content (AvgIpc) is 2.69. The molecule has 3 aliphatic carbocycles. The SMILES string of the molecule is C/C1=C/C[C@@H]2CCC3=C(C(=O)[C@H](C3O)[C@@H](C)CC(=O)C1)C2(C)C. The molecule has 0 fully saturated rings. The molecule has 0 amide bonds. The smallest absolute Gasteiger partial charge is 0.165 e. The van der Waals surface area contributed by atoms with E-state index in [9.17, 15) is 14.7 Å². The van der Waals surface area contributed by atoms with E-state index in [1.165, 1.54) is 0 Å². The second-order valence-corrected chi connectivity index (χ2v) is 8.38. The molecule has 0 aromatic carbocycles. The van der Waals surface area contributed by atoms with Crippen LogP contribution in [0.3, 0.4) is 0 Å². The van der Waals surface area contributed by atoms with E-state index < -0.39 is 12.0 Å². The molecular weight excluding hydrogens is 288 g/mol. The van der Waals surface area contributed by atoms with Crippen LogP contribution in [0.4, 0.5) is 0 Å². The summed E-state index contributed by atoms with van der Waals surface area (Å²) in [7, 11) is 0. The Labute approximate surface area is 138 Å². The normalized spacial score (nSPS) is 39.8. The zero-order valence-electron chi connectivity index (χ0n) is 14.7. The highest BCUT2D eigenvalue weighted by molar-refractivity contribution is 6.03. The summed E-state index contributed by atoms with van der Waals surface area (Å²) in [6, 6.07) is 0. The fourth-order valence-electron chi connectivity index (χ4n) is 5.00. The van der Waals surface area contributed by atoms with Crippen molar-refractivity contribution in [2.45, 2.75) is 65.9 Å².